The lowest BCUT2D eigenvalue weighted by Crippen LogP contribution is -2.30. The van der Waals surface area contributed by atoms with Crippen molar-refractivity contribution in [2.75, 3.05) is 20.1 Å². The first-order valence-electron chi connectivity index (χ1n) is 6.37. The maximum Gasteiger partial charge on any atom is 0.256 e. The fourth-order valence-corrected chi connectivity index (χ4v) is 1.61. The van der Waals surface area contributed by atoms with Crippen LogP contribution in [-0.2, 0) is 0 Å². The Morgan fingerprint density at radius 3 is 2.80 bits per heavy atom. The van der Waals surface area contributed by atoms with Crippen molar-refractivity contribution in [3.05, 3.63) is 35.1 Å². The third-order valence-corrected chi connectivity index (χ3v) is 2.76. The van der Waals surface area contributed by atoms with Crippen molar-refractivity contribution in [3.63, 3.8) is 0 Å². The number of nitrogens with two attached hydrogens (primary N) is 1. The summed E-state index contributed by atoms with van der Waals surface area (Å²) in [6.45, 7) is 2.21. The Morgan fingerprint density at radius 1 is 1.55 bits per heavy atom. The molecule has 0 bridgehead atoms. The number of nitrogens with zero attached hydrogens (tertiary/aromatic N) is 1. The van der Waals surface area contributed by atoms with Gasteiger partial charge in [-0.3, -0.25) is 4.79 Å². The number of carbonyl (C=O) groups is 1. The molecule has 0 saturated heterocycles. The van der Waals surface area contributed by atoms with Gasteiger partial charge in [0.15, 0.2) is 0 Å². The largest absolute Gasteiger partial charge is 0.393 e. The lowest BCUT2D eigenvalue weighted by Gasteiger charge is -2.18. The molecule has 1 rings (SSSR count). The monoisotopic (exact) mass is 278 g/mol. The number of carbonyl (C=O) groups excluding carboxylic acids is 1. The molecule has 108 valence electrons. The molecule has 5 heteroatoms. The Balaban J connectivity index is 2.83. The first-order chi connectivity index (χ1) is 9.45. The van der Waals surface area contributed by atoms with E-state index in [1.807, 2.05) is 0 Å². The SMILES string of the molecule is CC(O)CCN(C)C(=O)c1ccc(C#CCN)cc1F. The minimum absolute atomic E-state index is 0.00334. The first kappa shape index (κ1) is 16.2. The van der Waals surface area contributed by atoms with Gasteiger partial charge in [-0.05, 0) is 31.5 Å². The molecule has 3 N–H and O–H groups in total. The number of halogens is 1. The molecule has 0 aromatic heterocycles. The summed E-state index contributed by atoms with van der Waals surface area (Å²) in [7, 11) is 1.58. The minimum Gasteiger partial charge on any atom is -0.393 e. The Bertz CT molecular complexity index is 532. The first-order valence-corrected chi connectivity index (χ1v) is 6.37. The molecule has 1 amide bonds. The van der Waals surface area contributed by atoms with Gasteiger partial charge in [0.25, 0.3) is 5.91 Å². The van der Waals surface area contributed by atoms with E-state index in [0.29, 0.717) is 18.5 Å². The van der Waals surface area contributed by atoms with Crippen LogP contribution < -0.4 is 5.73 Å². The Hall–Kier alpha value is -1.90. The third kappa shape index (κ3) is 4.65. The van der Waals surface area contributed by atoms with Crippen LogP contribution in [0.15, 0.2) is 18.2 Å². The zero-order valence-electron chi connectivity index (χ0n) is 11.7. The van der Waals surface area contributed by atoms with E-state index in [0.717, 1.165) is 0 Å². The average Bonchev–Trinajstić information content (AvgIpc) is 2.41. The molecule has 1 atom stereocenters. The van der Waals surface area contributed by atoms with E-state index in [1.165, 1.54) is 17.0 Å². The molecule has 0 aliphatic heterocycles. The standard InChI is InChI=1S/C15H19FN2O2/c1-11(19)7-9-18(2)15(20)13-6-5-12(4-3-8-17)10-14(13)16/h5-6,10-11,19H,7-9,17H2,1-2H3. The third-order valence-electron chi connectivity index (χ3n) is 2.76. The van der Waals surface area contributed by atoms with Crippen molar-refractivity contribution < 1.29 is 14.3 Å². The molecule has 0 heterocycles. The predicted molar refractivity (Wildman–Crippen MR) is 75.6 cm³/mol. The van der Waals surface area contributed by atoms with Crippen LogP contribution >= 0.6 is 0 Å². The van der Waals surface area contributed by atoms with Crippen LogP contribution in [0.4, 0.5) is 4.39 Å². The van der Waals surface area contributed by atoms with E-state index in [4.69, 9.17) is 5.73 Å². The number of benzene rings is 1. The van der Waals surface area contributed by atoms with Gasteiger partial charge in [0, 0.05) is 19.2 Å². The van der Waals surface area contributed by atoms with Gasteiger partial charge < -0.3 is 15.7 Å². The molecule has 20 heavy (non-hydrogen) atoms. The number of aliphatic hydroxyl groups excluding tert-OH is 1. The fourth-order valence-electron chi connectivity index (χ4n) is 1.61. The second-order valence-electron chi connectivity index (χ2n) is 4.56. The molecule has 0 fully saturated rings. The highest BCUT2D eigenvalue weighted by Crippen LogP contribution is 2.12. The topological polar surface area (TPSA) is 66.6 Å². The van der Waals surface area contributed by atoms with E-state index in [1.54, 1.807) is 20.0 Å². The molecule has 1 aromatic rings. The average molecular weight is 278 g/mol. The summed E-state index contributed by atoms with van der Waals surface area (Å²) >= 11 is 0. The molecular weight excluding hydrogens is 259 g/mol. The van der Waals surface area contributed by atoms with Gasteiger partial charge in [-0.25, -0.2) is 4.39 Å². The van der Waals surface area contributed by atoms with Crippen LogP contribution in [0.3, 0.4) is 0 Å². The quantitative estimate of drug-likeness (QED) is 0.807. The highest BCUT2D eigenvalue weighted by Gasteiger charge is 2.16. The van der Waals surface area contributed by atoms with Crippen LogP contribution in [0.5, 0.6) is 0 Å². The second-order valence-corrected chi connectivity index (χ2v) is 4.56. The zero-order chi connectivity index (χ0) is 15.1. The van der Waals surface area contributed by atoms with Gasteiger partial charge in [-0.2, -0.15) is 0 Å². The highest BCUT2D eigenvalue weighted by atomic mass is 19.1. The maximum atomic E-state index is 13.9. The molecule has 0 saturated carbocycles. The molecule has 1 aromatic carbocycles. The van der Waals surface area contributed by atoms with Crippen LogP contribution in [-0.4, -0.2) is 42.2 Å². The summed E-state index contributed by atoms with van der Waals surface area (Å²) in [5.74, 6) is 4.31. The van der Waals surface area contributed by atoms with Gasteiger partial charge in [-0.1, -0.05) is 11.8 Å². The summed E-state index contributed by atoms with van der Waals surface area (Å²) in [5.41, 5.74) is 5.72. The summed E-state index contributed by atoms with van der Waals surface area (Å²) < 4.78 is 13.9. The normalized spacial score (nSPS) is 11.4. The van der Waals surface area contributed by atoms with Crippen molar-refractivity contribution in [2.24, 2.45) is 5.73 Å². The van der Waals surface area contributed by atoms with Gasteiger partial charge in [0.2, 0.25) is 0 Å². The minimum atomic E-state index is -0.609. The van der Waals surface area contributed by atoms with Gasteiger partial charge >= 0.3 is 0 Å². The molecule has 0 aliphatic rings. The fraction of sp³-hybridized carbons (Fsp3) is 0.400. The summed E-state index contributed by atoms with van der Waals surface area (Å²) in [5, 5.41) is 9.19. The van der Waals surface area contributed by atoms with Gasteiger partial charge in [-0.15, -0.1) is 0 Å². The van der Waals surface area contributed by atoms with Crippen molar-refractivity contribution in [1.29, 1.82) is 0 Å². The number of hydrogen-bond acceptors (Lipinski definition) is 3. The summed E-state index contributed by atoms with van der Waals surface area (Å²) in [6, 6.07) is 4.22. The van der Waals surface area contributed by atoms with Crippen molar-refractivity contribution >= 4 is 5.91 Å². The number of hydrogen-bond donors (Lipinski definition) is 2. The number of aliphatic hydroxyl groups is 1. The van der Waals surface area contributed by atoms with Crippen molar-refractivity contribution in [1.82, 2.24) is 4.90 Å². The molecule has 4 nitrogen and oxygen atoms in total. The molecule has 0 aliphatic carbocycles. The van der Waals surface area contributed by atoms with E-state index in [-0.39, 0.29) is 12.1 Å². The zero-order valence-corrected chi connectivity index (χ0v) is 11.7. The lowest BCUT2D eigenvalue weighted by atomic mass is 10.1. The Kier molecular flexibility index (Phi) is 6.16. The molecule has 0 spiro atoms. The maximum absolute atomic E-state index is 13.9. The summed E-state index contributed by atoms with van der Waals surface area (Å²) in [6.07, 6.45) is -0.0480. The van der Waals surface area contributed by atoms with E-state index in [2.05, 4.69) is 11.8 Å². The molecular formula is C15H19FN2O2. The van der Waals surface area contributed by atoms with E-state index in [9.17, 15) is 14.3 Å². The highest BCUT2D eigenvalue weighted by molar-refractivity contribution is 5.94. The number of rotatable bonds is 4. The smallest absolute Gasteiger partial charge is 0.256 e. The van der Waals surface area contributed by atoms with Gasteiger partial charge in [0.1, 0.15) is 5.82 Å². The number of amides is 1. The van der Waals surface area contributed by atoms with Crippen LogP contribution in [0.25, 0.3) is 0 Å². The molecule has 0 radical (unpaired) electrons. The van der Waals surface area contributed by atoms with E-state index < -0.39 is 17.8 Å². The summed E-state index contributed by atoms with van der Waals surface area (Å²) in [4.78, 5) is 13.4. The van der Waals surface area contributed by atoms with Crippen molar-refractivity contribution in [3.8, 4) is 11.8 Å². The Labute approximate surface area is 118 Å². The lowest BCUT2D eigenvalue weighted by molar-refractivity contribution is 0.0764. The van der Waals surface area contributed by atoms with Gasteiger partial charge in [0.05, 0.1) is 18.2 Å². The van der Waals surface area contributed by atoms with E-state index >= 15 is 0 Å². The van der Waals surface area contributed by atoms with Crippen LogP contribution in [0.1, 0.15) is 29.3 Å². The Morgan fingerprint density at radius 2 is 2.25 bits per heavy atom. The van der Waals surface area contributed by atoms with Crippen LogP contribution in [0, 0.1) is 17.7 Å². The second kappa shape index (κ2) is 7.63. The predicted octanol–water partition coefficient (Wildman–Crippen LogP) is 0.979. The van der Waals surface area contributed by atoms with Crippen LogP contribution in [0.2, 0.25) is 0 Å². The molecule has 1 unspecified atom stereocenters. The van der Waals surface area contributed by atoms with Crippen molar-refractivity contribution in [2.45, 2.75) is 19.4 Å².